The van der Waals surface area contributed by atoms with Crippen LogP contribution in [-0.2, 0) is 12.5 Å². The summed E-state index contributed by atoms with van der Waals surface area (Å²) in [6.45, 7) is 0. The Bertz CT molecular complexity index is 398. The first-order valence-corrected chi connectivity index (χ1v) is 5.13. The number of anilines is 1. The molecule has 1 heterocycles. The second kappa shape index (κ2) is 2.30. The average Bonchev–Trinajstić information content (AvgIpc) is 2.64. The molecule has 3 nitrogen and oxygen atoms in total. The van der Waals surface area contributed by atoms with Crippen LogP contribution in [-0.4, -0.2) is 9.78 Å². The van der Waals surface area contributed by atoms with E-state index in [1.54, 1.807) is 7.05 Å². The third kappa shape index (κ3) is 0.792. The van der Waals surface area contributed by atoms with Crippen molar-refractivity contribution in [1.82, 2.24) is 9.78 Å². The van der Waals surface area contributed by atoms with Crippen LogP contribution in [0.3, 0.4) is 0 Å². The van der Waals surface area contributed by atoms with Crippen molar-refractivity contribution in [2.24, 2.45) is 13.0 Å². The molecule has 2 saturated carbocycles. The van der Waals surface area contributed by atoms with Crippen molar-refractivity contribution in [3.05, 3.63) is 11.5 Å². The highest BCUT2D eigenvalue weighted by Crippen LogP contribution is 2.64. The fraction of sp³-hybridized carbons (Fsp3) is 0.700. The van der Waals surface area contributed by atoms with Gasteiger partial charge in [0.1, 0.15) is 5.69 Å². The summed E-state index contributed by atoms with van der Waals surface area (Å²) in [6, 6.07) is 0. The molecule has 2 aliphatic carbocycles. The van der Waals surface area contributed by atoms with Crippen LogP contribution >= 0.6 is 0 Å². The zero-order valence-electron chi connectivity index (χ0n) is 8.26. The molecule has 2 fully saturated rings. The molecule has 0 radical (unpaired) electrons. The van der Waals surface area contributed by atoms with E-state index in [1.807, 2.05) is 0 Å². The fourth-order valence-electron chi connectivity index (χ4n) is 2.97. The minimum absolute atomic E-state index is 0.0689. The molecule has 1 aromatic heterocycles. The van der Waals surface area contributed by atoms with Gasteiger partial charge in [0.25, 0.3) is 0 Å². The lowest BCUT2D eigenvalue weighted by Crippen LogP contribution is -2.08. The summed E-state index contributed by atoms with van der Waals surface area (Å²) in [4.78, 5) is 0. The second-order valence-electron chi connectivity index (χ2n) is 4.62. The van der Waals surface area contributed by atoms with Crippen LogP contribution in [0.5, 0.6) is 0 Å². The normalized spacial score (nSPS) is 34.6. The maximum atomic E-state index is 13.7. The number of hydrogen-bond donors (Lipinski definition) is 1. The topological polar surface area (TPSA) is 43.8 Å². The van der Waals surface area contributed by atoms with Gasteiger partial charge in [0, 0.05) is 12.5 Å². The molecule has 14 heavy (non-hydrogen) atoms. The molecule has 0 bridgehead atoms. The minimum Gasteiger partial charge on any atom is -0.381 e. The number of nitrogen functional groups attached to an aromatic ring is 1. The molecule has 2 atom stereocenters. The van der Waals surface area contributed by atoms with Crippen molar-refractivity contribution in [2.45, 2.75) is 31.1 Å². The van der Waals surface area contributed by atoms with Gasteiger partial charge in [-0.25, -0.2) is 4.39 Å². The predicted molar refractivity (Wildman–Crippen MR) is 51.2 cm³/mol. The van der Waals surface area contributed by atoms with E-state index in [4.69, 9.17) is 5.73 Å². The third-order valence-electron chi connectivity index (χ3n) is 3.91. The van der Waals surface area contributed by atoms with Crippen molar-refractivity contribution in [3.8, 4) is 0 Å². The smallest absolute Gasteiger partial charge is 0.188 e. The molecule has 4 heteroatoms. The number of aromatic nitrogens is 2. The van der Waals surface area contributed by atoms with Gasteiger partial charge < -0.3 is 5.73 Å². The van der Waals surface area contributed by atoms with Crippen LogP contribution in [0.1, 0.15) is 31.4 Å². The lowest BCUT2D eigenvalue weighted by Gasteiger charge is -2.07. The number of rotatable bonds is 1. The van der Waals surface area contributed by atoms with Gasteiger partial charge in [-0.05, 0) is 25.2 Å². The summed E-state index contributed by atoms with van der Waals surface area (Å²) in [7, 11) is 1.70. The molecule has 2 N–H and O–H groups in total. The van der Waals surface area contributed by atoms with Gasteiger partial charge in [-0.2, -0.15) is 5.10 Å². The van der Waals surface area contributed by atoms with Crippen LogP contribution in [0.2, 0.25) is 0 Å². The third-order valence-corrected chi connectivity index (χ3v) is 3.91. The summed E-state index contributed by atoms with van der Waals surface area (Å²) in [6.07, 6.45) is 4.64. The van der Waals surface area contributed by atoms with E-state index in [0.29, 0.717) is 11.6 Å². The Balaban J connectivity index is 2.09. The predicted octanol–water partition coefficient (Wildman–Crippen LogP) is 1.58. The quantitative estimate of drug-likeness (QED) is 0.739. The molecule has 1 aromatic rings. The first-order chi connectivity index (χ1) is 6.65. The van der Waals surface area contributed by atoms with E-state index in [1.165, 1.54) is 17.5 Å². The van der Waals surface area contributed by atoms with Crippen LogP contribution in [0.15, 0.2) is 0 Å². The molecular weight excluding hydrogens is 181 g/mol. The Morgan fingerprint density at radius 1 is 1.64 bits per heavy atom. The summed E-state index contributed by atoms with van der Waals surface area (Å²) < 4.78 is 15.2. The van der Waals surface area contributed by atoms with Crippen molar-refractivity contribution in [3.63, 3.8) is 0 Å². The zero-order valence-corrected chi connectivity index (χ0v) is 8.26. The molecule has 0 saturated heterocycles. The van der Waals surface area contributed by atoms with E-state index in [2.05, 4.69) is 5.10 Å². The van der Waals surface area contributed by atoms with E-state index >= 15 is 0 Å². The van der Waals surface area contributed by atoms with E-state index in [-0.39, 0.29) is 17.1 Å². The second-order valence-corrected chi connectivity index (χ2v) is 4.62. The molecule has 0 spiro atoms. The number of hydrogen-bond acceptors (Lipinski definition) is 2. The monoisotopic (exact) mass is 195 g/mol. The van der Waals surface area contributed by atoms with Gasteiger partial charge in [-0.1, -0.05) is 6.42 Å². The number of aryl methyl sites for hydroxylation is 1. The van der Waals surface area contributed by atoms with Crippen molar-refractivity contribution < 1.29 is 4.39 Å². The molecule has 0 amide bonds. The molecule has 0 aliphatic heterocycles. The first kappa shape index (κ1) is 8.26. The van der Waals surface area contributed by atoms with Gasteiger partial charge >= 0.3 is 0 Å². The number of nitrogens with zero attached hydrogens (tertiary/aromatic N) is 2. The summed E-state index contributed by atoms with van der Waals surface area (Å²) >= 11 is 0. The SMILES string of the molecule is Cn1nc([C@@]23CCC[C@@H]2C3)c(F)c1N. The van der Waals surface area contributed by atoms with Crippen molar-refractivity contribution in [1.29, 1.82) is 0 Å². The minimum atomic E-state index is -0.281. The molecule has 2 aliphatic rings. The molecule has 0 aromatic carbocycles. The molecule has 3 rings (SSSR count). The van der Waals surface area contributed by atoms with Gasteiger partial charge in [0.05, 0.1) is 0 Å². The summed E-state index contributed by atoms with van der Waals surface area (Å²) in [5, 5.41) is 4.22. The van der Waals surface area contributed by atoms with E-state index in [0.717, 1.165) is 12.8 Å². The van der Waals surface area contributed by atoms with Gasteiger partial charge in [0.2, 0.25) is 0 Å². The lowest BCUT2D eigenvalue weighted by molar-refractivity contribution is 0.551. The highest BCUT2D eigenvalue weighted by atomic mass is 19.1. The molecular formula is C10H14FN3. The van der Waals surface area contributed by atoms with Gasteiger partial charge in [-0.3, -0.25) is 4.68 Å². The molecule has 76 valence electrons. The Morgan fingerprint density at radius 2 is 2.43 bits per heavy atom. The van der Waals surface area contributed by atoms with Crippen LogP contribution in [0.4, 0.5) is 10.2 Å². The highest BCUT2D eigenvalue weighted by molar-refractivity contribution is 5.41. The Morgan fingerprint density at radius 3 is 2.86 bits per heavy atom. The van der Waals surface area contributed by atoms with E-state index in [9.17, 15) is 4.39 Å². The largest absolute Gasteiger partial charge is 0.381 e. The fourth-order valence-corrected chi connectivity index (χ4v) is 2.97. The highest BCUT2D eigenvalue weighted by Gasteiger charge is 2.60. The van der Waals surface area contributed by atoms with Gasteiger partial charge in [-0.15, -0.1) is 0 Å². The maximum absolute atomic E-state index is 13.7. The van der Waals surface area contributed by atoms with E-state index < -0.39 is 0 Å². The first-order valence-electron chi connectivity index (χ1n) is 5.13. The number of nitrogens with two attached hydrogens (primary N) is 1. The van der Waals surface area contributed by atoms with Crippen LogP contribution in [0.25, 0.3) is 0 Å². The number of fused-ring (bicyclic) bond motifs is 1. The van der Waals surface area contributed by atoms with Gasteiger partial charge in [0.15, 0.2) is 11.6 Å². The standard InChI is InChI=1S/C10H14FN3/c1-14-9(12)7(11)8(13-14)10-4-2-3-6(10)5-10/h6H,2-5,12H2,1H3/t6-,10-/m1/s1. The van der Waals surface area contributed by atoms with Crippen LogP contribution in [0, 0.1) is 11.7 Å². The average molecular weight is 195 g/mol. The van der Waals surface area contributed by atoms with Crippen LogP contribution < -0.4 is 5.73 Å². The zero-order chi connectivity index (χ0) is 9.92. The van der Waals surface area contributed by atoms with Crippen molar-refractivity contribution in [2.75, 3.05) is 5.73 Å². The van der Waals surface area contributed by atoms with Crippen molar-refractivity contribution >= 4 is 5.82 Å². The summed E-state index contributed by atoms with van der Waals surface area (Å²) in [5.74, 6) is 0.565. The molecule has 0 unspecified atom stereocenters. The lowest BCUT2D eigenvalue weighted by atomic mass is 9.99. The maximum Gasteiger partial charge on any atom is 0.188 e. The Hall–Kier alpha value is -1.06. The Kier molecular flexibility index (Phi) is 1.36. The number of halogens is 1. The Labute approximate surface area is 82.1 Å². The summed E-state index contributed by atoms with van der Waals surface area (Å²) in [5.41, 5.74) is 6.27.